The first-order valence-corrected chi connectivity index (χ1v) is 9.49. The number of carbonyl (C=O) groups excluding carboxylic acids is 1. The standard InChI is InChI=1S/C15H23N3O3S/c1-3-6-17-13-8-12(9-16-10-13)15(19)18(4-2)14-5-7-22(20,21)11-14/h8-10,14,17H,3-7,11H2,1-2H3. The molecule has 1 aliphatic heterocycles. The fraction of sp³-hybridized carbons (Fsp3) is 0.600. The normalized spacial score (nSPS) is 19.8. The van der Waals surface area contributed by atoms with E-state index in [1.165, 1.54) is 6.20 Å². The second-order valence-corrected chi connectivity index (χ2v) is 7.77. The maximum atomic E-state index is 12.7. The van der Waals surface area contributed by atoms with Gasteiger partial charge in [0.2, 0.25) is 0 Å². The lowest BCUT2D eigenvalue weighted by molar-refractivity contribution is 0.0708. The molecule has 0 spiro atoms. The number of anilines is 1. The average Bonchev–Trinajstić information content (AvgIpc) is 2.86. The quantitative estimate of drug-likeness (QED) is 0.858. The fourth-order valence-electron chi connectivity index (χ4n) is 2.68. The smallest absolute Gasteiger partial charge is 0.255 e. The van der Waals surface area contributed by atoms with E-state index >= 15 is 0 Å². The number of rotatable bonds is 6. The van der Waals surface area contributed by atoms with Gasteiger partial charge in [-0.15, -0.1) is 0 Å². The first-order valence-electron chi connectivity index (χ1n) is 7.67. The average molecular weight is 325 g/mol. The number of nitrogens with zero attached hydrogens (tertiary/aromatic N) is 2. The second-order valence-electron chi connectivity index (χ2n) is 5.54. The molecule has 0 bridgehead atoms. The van der Waals surface area contributed by atoms with E-state index in [4.69, 9.17) is 0 Å². The third kappa shape index (κ3) is 3.97. The van der Waals surface area contributed by atoms with Crippen LogP contribution in [0.4, 0.5) is 5.69 Å². The molecule has 1 amide bonds. The summed E-state index contributed by atoms with van der Waals surface area (Å²) in [5.74, 6) is 0.0724. The Morgan fingerprint density at radius 3 is 2.77 bits per heavy atom. The predicted molar refractivity (Wildman–Crippen MR) is 86.8 cm³/mol. The van der Waals surface area contributed by atoms with Gasteiger partial charge in [0.15, 0.2) is 9.84 Å². The molecule has 2 rings (SSSR count). The summed E-state index contributed by atoms with van der Waals surface area (Å²) < 4.78 is 23.3. The van der Waals surface area contributed by atoms with Gasteiger partial charge in [0.25, 0.3) is 5.91 Å². The van der Waals surface area contributed by atoms with Crippen molar-refractivity contribution in [2.75, 3.05) is 29.9 Å². The molecule has 1 aliphatic rings. The minimum atomic E-state index is -3.01. The Labute approximate surface area is 131 Å². The van der Waals surface area contributed by atoms with E-state index in [9.17, 15) is 13.2 Å². The lowest BCUT2D eigenvalue weighted by Gasteiger charge is -2.27. The van der Waals surface area contributed by atoms with Gasteiger partial charge in [0.05, 0.1) is 22.8 Å². The van der Waals surface area contributed by atoms with Gasteiger partial charge in [-0.1, -0.05) is 6.92 Å². The van der Waals surface area contributed by atoms with E-state index in [-0.39, 0.29) is 23.5 Å². The zero-order valence-corrected chi connectivity index (χ0v) is 13.9. The molecule has 1 unspecified atom stereocenters. The molecule has 2 heterocycles. The van der Waals surface area contributed by atoms with Gasteiger partial charge >= 0.3 is 0 Å². The van der Waals surface area contributed by atoms with Gasteiger partial charge < -0.3 is 10.2 Å². The SMILES string of the molecule is CCCNc1cncc(C(=O)N(CC)C2CCS(=O)(=O)C2)c1. The van der Waals surface area contributed by atoms with Crippen molar-refractivity contribution >= 4 is 21.4 Å². The largest absolute Gasteiger partial charge is 0.384 e. The summed E-state index contributed by atoms with van der Waals surface area (Å²) in [7, 11) is -3.01. The van der Waals surface area contributed by atoms with Gasteiger partial charge in [0, 0.05) is 31.5 Å². The van der Waals surface area contributed by atoms with E-state index < -0.39 is 9.84 Å². The molecule has 7 heteroatoms. The lowest BCUT2D eigenvalue weighted by Crippen LogP contribution is -2.41. The topological polar surface area (TPSA) is 79.4 Å². The molecular formula is C15H23N3O3S. The number of carbonyl (C=O) groups is 1. The van der Waals surface area contributed by atoms with Gasteiger partial charge in [0.1, 0.15) is 0 Å². The molecule has 0 saturated carbocycles. The van der Waals surface area contributed by atoms with Crippen LogP contribution >= 0.6 is 0 Å². The number of aromatic nitrogens is 1. The first-order chi connectivity index (χ1) is 10.5. The molecule has 6 nitrogen and oxygen atoms in total. The maximum absolute atomic E-state index is 12.7. The zero-order chi connectivity index (χ0) is 16.2. The minimum absolute atomic E-state index is 0.0633. The van der Waals surface area contributed by atoms with Crippen molar-refractivity contribution in [3.63, 3.8) is 0 Å². The van der Waals surface area contributed by atoms with Gasteiger partial charge in [-0.05, 0) is 25.8 Å². The number of hydrogen-bond donors (Lipinski definition) is 1. The van der Waals surface area contributed by atoms with Crippen molar-refractivity contribution in [2.45, 2.75) is 32.7 Å². The fourth-order valence-corrected chi connectivity index (χ4v) is 4.41. The predicted octanol–water partition coefficient (Wildman–Crippen LogP) is 1.55. The number of amides is 1. The Bertz CT molecular complexity index is 631. The maximum Gasteiger partial charge on any atom is 0.255 e. The first kappa shape index (κ1) is 16.7. The van der Waals surface area contributed by atoms with E-state index in [0.717, 1.165) is 18.7 Å². The summed E-state index contributed by atoms with van der Waals surface area (Å²) in [6, 6.07) is 1.55. The molecule has 1 atom stereocenters. The van der Waals surface area contributed by atoms with E-state index in [1.807, 2.05) is 6.92 Å². The molecule has 22 heavy (non-hydrogen) atoms. The monoisotopic (exact) mass is 325 g/mol. The van der Waals surface area contributed by atoms with Crippen LogP contribution in [0, 0.1) is 0 Å². The van der Waals surface area contributed by atoms with Gasteiger partial charge in [-0.3, -0.25) is 9.78 Å². The summed E-state index contributed by atoms with van der Waals surface area (Å²) in [5, 5.41) is 3.20. The third-order valence-corrected chi connectivity index (χ3v) is 5.57. The molecule has 1 fully saturated rings. The summed E-state index contributed by atoms with van der Waals surface area (Å²) in [6.45, 7) is 5.24. The van der Waals surface area contributed by atoms with Crippen molar-refractivity contribution < 1.29 is 13.2 Å². The Morgan fingerprint density at radius 1 is 1.41 bits per heavy atom. The zero-order valence-electron chi connectivity index (χ0n) is 13.1. The highest BCUT2D eigenvalue weighted by Gasteiger charge is 2.34. The van der Waals surface area contributed by atoms with E-state index in [2.05, 4.69) is 17.2 Å². The van der Waals surface area contributed by atoms with Crippen LogP contribution in [0.3, 0.4) is 0 Å². The third-order valence-electron chi connectivity index (χ3n) is 3.82. The summed E-state index contributed by atoms with van der Waals surface area (Å²) in [6.07, 6.45) is 4.72. The van der Waals surface area contributed by atoms with Crippen molar-refractivity contribution in [2.24, 2.45) is 0 Å². The van der Waals surface area contributed by atoms with E-state index in [1.54, 1.807) is 17.2 Å². The second kappa shape index (κ2) is 7.09. The summed E-state index contributed by atoms with van der Waals surface area (Å²) in [5.41, 5.74) is 1.30. The molecule has 1 aromatic rings. The van der Waals surface area contributed by atoms with Crippen LogP contribution in [0.15, 0.2) is 18.5 Å². The van der Waals surface area contributed by atoms with Gasteiger partial charge in [-0.25, -0.2) is 8.42 Å². The van der Waals surface area contributed by atoms with Crippen molar-refractivity contribution in [1.29, 1.82) is 0 Å². The minimum Gasteiger partial charge on any atom is -0.384 e. The van der Waals surface area contributed by atoms with Crippen LogP contribution in [-0.2, 0) is 9.84 Å². The molecule has 1 aromatic heterocycles. The number of pyridine rings is 1. The summed E-state index contributed by atoms with van der Waals surface area (Å²) >= 11 is 0. The number of hydrogen-bond acceptors (Lipinski definition) is 5. The Kier molecular flexibility index (Phi) is 5.39. The number of sulfone groups is 1. The Morgan fingerprint density at radius 2 is 2.18 bits per heavy atom. The van der Waals surface area contributed by atoms with Crippen molar-refractivity contribution in [3.8, 4) is 0 Å². The van der Waals surface area contributed by atoms with Crippen LogP contribution < -0.4 is 5.32 Å². The molecule has 1 saturated heterocycles. The number of nitrogens with one attached hydrogen (secondary N) is 1. The molecule has 122 valence electrons. The lowest BCUT2D eigenvalue weighted by atomic mass is 10.1. The van der Waals surface area contributed by atoms with Crippen LogP contribution in [0.5, 0.6) is 0 Å². The van der Waals surface area contributed by atoms with Crippen molar-refractivity contribution in [3.05, 3.63) is 24.0 Å². The molecule has 0 aliphatic carbocycles. The van der Waals surface area contributed by atoms with Crippen LogP contribution in [0.25, 0.3) is 0 Å². The molecule has 1 N–H and O–H groups in total. The molecule has 0 aromatic carbocycles. The summed E-state index contributed by atoms with van der Waals surface area (Å²) in [4.78, 5) is 18.4. The highest BCUT2D eigenvalue weighted by Crippen LogP contribution is 2.20. The van der Waals surface area contributed by atoms with Crippen LogP contribution in [0.1, 0.15) is 37.0 Å². The van der Waals surface area contributed by atoms with E-state index in [0.29, 0.717) is 18.5 Å². The Balaban J connectivity index is 2.15. The van der Waals surface area contributed by atoms with Gasteiger partial charge in [-0.2, -0.15) is 0 Å². The highest BCUT2D eigenvalue weighted by atomic mass is 32.2. The van der Waals surface area contributed by atoms with Crippen molar-refractivity contribution in [1.82, 2.24) is 9.88 Å². The highest BCUT2D eigenvalue weighted by molar-refractivity contribution is 7.91. The molecular weight excluding hydrogens is 302 g/mol. The van der Waals surface area contributed by atoms with Crippen LogP contribution in [0.2, 0.25) is 0 Å². The Hall–Kier alpha value is -1.63. The molecule has 0 radical (unpaired) electrons. The van der Waals surface area contributed by atoms with Crippen LogP contribution in [-0.4, -0.2) is 54.8 Å².